The van der Waals surface area contributed by atoms with Gasteiger partial charge in [0.05, 0.1) is 17.6 Å². The fourth-order valence-corrected chi connectivity index (χ4v) is 1.69. The molecule has 2 aromatic rings. The van der Waals surface area contributed by atoms with E-state index < -0.39 is 0 Å². The molecule has 0 saturated carbocycles. The summed E-state index contributed by atoms with van der Waals surface area (Å²) < 4.78 is 0. The lowest BCUT2D eigenvalue weighted by atomic mass is 10.1. The monoisotopic (exact) mass is 263 g/mol. The third kappa shape index (κ3) is 2.88. The zero-order valence-corrected chi connectivity index (χ0v) is 10.5. The smallest absolute Gasteiger partial charge is 0.220 e. The van der Waals surface area contributed by atoms with E-state index in [1.54, 1.807) is 6.20 Å². The Morgan fingerprint density at radius 2 is 1.94 bits per heavy atom. The molecule has 0 spiro atoms. The molecule has 2 rings (SSSR count). The van der Waals surface area contributed by atoms with E-state index in [2.05, 4.69) is 15.3 Å². The highest BCUT2D eigenvalue weighted by atomic mass is 35.5. The molecule has 1 aromatic heterocycles. The van der Waals surface area contributed by atoms with Gasteiger partial charge in [0, 0.05) is 23.7 Å². The summed E-state index contributed by atoms with van der Waals surface area (Å²) in [6.07, 6.45) is 1.65. The van der Waals surface area contributed by atoms with Crippen molar-refractivity contribution in [1.29, 1.82) is 0 Å². The van der Waals surface area contributed by atoms with Gasteiger partial charge in [0.1, 0.15) is 0 Å². The van der Waals surface area contributed by atoms with Gasteiger partial charge in [-0.05, 0) is 12.1 Å². The Morgan fingerprint density at radius 1 is 1.22 bits per heavy atom. The Kier molecular flexibility index (Phi) is 3.96. The van der Waals surface area contributed by atoms with Gasteiger partial charge in [-0.1, -0.05) is 23.7 Å². The average molecular weight is 264 g/mol. The van der Waals surface area contributed by atoms with E-state index >= 15 is 0 Å². The molecule has 0 aliphatic heterocycles. The van der Waals surface area contributed by atoms with Crippen molar-refractivity contribution in [3.63, 3.8) is 0 Å². The normalized spacial score (nSPS) is 10.3. The summed E-state index contributed by atoms with van der Waals surface area (Å²) in [5.74, 6) is 0.234. The standard InChI is InChI=1S/C12H14ClN5/c13-9-3-1-8(2-4-9)11-10(16-6-5-14)7-17-12(15)18-11/h1-4,7,16H,5-6,14H2,(H2,15,17,18). The summed E-state index contributed by atoms with van der Waals surface area (Å²) in [7, 11) is 0. The molecule has 0 aliphatic carbocycles. The molecule has 18 heavy (non-hydrogen) atoms. The van der Waals surface area contributed by atoms with Gasteiger partial charge in [-0.25, -0.2) is 9.97 Å². The largest absolute Gasteiger partial charge is 0.381 e. The quantitative estimate of drug-likeness (QED) is 0.782. The van der Waals surface area contributed by atoms with Crippen molar-refractivity contribution in [2.75, 3.05) is 24.1 Å². The van der Waals surface area contributed by atoms with E-state index in [0.29, 0.717) is 18.1 Å². The molecule has 0 bridgehead atoms. The molecule has 0 saturated heterocycles. The van der Waals surface area contributed by atoms with E-state index in [0.717, 1.165) is 16.9 Å². The molecule has 5 nitrogen and oxygen atoms in total. The number of aromatic nitrogens is 2. The first kappa shape index (κ1) is 12.6. The van der Waals surface area contributed by atoms with Gasteiger partial charge in [0.25, 0.3) is 0 Å². The fraction of sp³-hybridized carbons (Fsp3) is 0.167. The topological polar surface area (TPSA) is 89.8 Å². The van der Waals surface area contributed by atoms with Gasteiger partial charge in [0.15, 0.2) is 0 Å². The maximum atomic E-state index is 5.86. The summed E-state index contributed by atoms with van der Waals surface area (Å²) in [5, 5.41) is 3.84. The Labute approximate surface area is 110 Å². The summed E-state index contributed by atoms with van der Waals surface area (Å²) in [6.45, 7) is 1.18. The van der Waals surface area contributed by atoms with Crippen molar-refractivity contribution in [3.8, 4) is 11.3 Å². The molecular formula is C12H14ClN5. The second-order valence-corrected chi connectivity index (χ2v) is 4.15. The molecule has 0 radical (unpaired) electrons. The Balaban J connectivity index is 2.40. The van der Waals surface area contributed by atoms with Crippen LogP contribution in [0.1, 0.15) is 0 Å². The van der Waals surface area contributed by atoms with Gasteiger partial charge in [-0.2, -0.15) is 0 Å². The number of rotatable bonds is 4. The highest BCUT2D eigenvalue weighted by molar-refractivity contribution is 6.30. The lowest BCUT2D eigenvalue weighted by molar-refractivity contribution is 1.02. The molecule has 0 aliphatic rings. The van der Waals surface area contributed by atoms with E-state index in [1.807, 2.05) is 24.3 Å². The highest BCUT2D eigenvalue weighted by Gasteiger charge is 2.08. The van der Waals surface area contributed by atoms with Crippen LogP contribution < -0.4 is 16.8 Å². The summed E-state index contributed by atoms with van der Waals surface area (Å²) in [5.41, 5.74) is 13.6. The zero-order chi connectivity index (χ0) is 13.0. The van der Waals surface area contributed by atoms with Crippen molar-refractivity contribution >= 4 is 23.2 Å². The predicted molar refractivity (Wildman–Crippen MR) is 74.4 cm³/mol. The number of anilines is 2. The van der Waals surface area contributed by atoms with Crippen LogP contribution in [0.3, 0.4) is 0 Å². The van der Waals surface area contributed by atoms with Crippen LogP contribution in [-0.4, -0.2) is 23.1 Å². The maximum absolute atomic E-state index is 5.86. The van der Waals surface area contributed by atoms with Crippen molar-refractivity contribution in [2.24, 2.45) is 5.73 Å². The van der Waals surface area contributed by atoms with Crippen molar-refractivity contribution in [2.45, 2.75) is 0 Å². The third-order valence-corrected chi connectivity index (χ3v) is 2.64. The second kappa shape index (κ2) is 5.66. The molecule has 0 fully saturated rings. The first-order chi connectivity index (χ1) is 8.70. The molecular weight excluding hydrogens is 250 g/mol. The van der Waals surface area contributed by atoms with Gasteiger partial charge in [0.2, 0.25) is 5.95 Å². The van der Waals surface area contributed by atoms with Crippen LogP contribution in [0.15, 0.2) is 30.5 Å². The number of nitrogens with zero attached hydrogens (tertiary/aromatic N) is 2. The van der Waals surface area contributed by atoms with Crippen LogP contribution in [0.2, 0.25) is 5.02 Å². The second-order valence-electron chi connectivity index (χ2n) is 3.71. The predicted octanol–water partition coefficient (Wildman–Crippen LogP) is 1.75. The minimum Gasteiger partial charge on any atom is -0.381 e. The average Bonchev–Trinajstić information content (AvgIpc) is 2.38. The molecule has 6 heteroatoms. The van der Waals surface area contributed by atoms with Gasteiger partial charge >= 0.3 is 0 Å². The fourth-order valence-electron chi connectivity index (χ4n) is 1.56. The molecule has 94 valence electrons. The minimum absolute atomic E-state index is 0.234. The Morgan fingerprint density at radius 3 is 2.61 bits per heavy atom. The molecule has 5 N–H and O–H groups in total. The SMILES string of the molecule is NCCNc1cnc(N)nc1-c1ccc(Cl)cc1. The third-order valence-electron chi connectivity index (χ3n) is 2.38. The first-order valence-electron chi connectivity index (χ1n) is 5.53. The van der Waals surface area contributed by atoms with Crippen molar-refractivity contribution in [1.82, 2.24) is 9.97 Å². The highest BCUT2D eigenvalue weighted by Crippen LogP contribution is 2.26. The van der Waals surface area contributed by atoms with Crippen molar-refractivity contribution in [3.05, 3.63) is 35.5 Å². The first-order valence-corrected chi connectivity index (χ1v) is 5.91. The molecule has 0 unspecified atom stereocenters. The number of nitrogens with one attached hydrogen (secondary N) is 1. The van der Waals surface area contributed by atoms with Crippen LogP contribution in [0.4, 0.5) is 11.6 Å². The minimum atomic E-state index is 0.234. The van der Waals surface area contributed by atoms with Crippen molar-refractivity contribution < 1.29 is 0 Å². The van der Waals surface area contributed by atoms with Crippen LogP contribution in [0, 0.1) is 0 Å². The van der Waals surface area contributed by atoms with E-state index in [1.165, 1.54) is 0 Å². The summed E-state index contributed by atoms with van der Waals surface area (Å²) in [4.78, 5) is 8.22. The van der Waals surface area contributed by atoms with E-state index in [9.17, 15) is 0 Å². The van der Waals surface area contributed by atoms with E-state index in [-0.39, 0.29) is 5.95 Å². The van der Waals surface area contributed by atoms with Crippen LogP contribution in [-0.2, 0) is 0 Å². The molecule has 1 heterocycles. The van der Waals surface area contributed by atoms with Gasteiger partial charge in [-0.3, -0.25) is 0 Å². The summed E-state index contributed by atoms with van der Waals surface area (Å²) >= 11 is 5.86. The lowest BCUT2D eigenvalue weighted by Crippen LogP contribution is -2.14. The van der Waals surface area contributed by atoms with Crippen LogP contribution in [0.5, 0.6) is 0 Å². The molecule has 0 atom stereocenters. The number of hydrogen-bond donors (Lipinski definition) is 3. The van der Waals surface area contributed by atoms with Gasteiger partial charge in [-0.15, -0.1) is 0 Å². The molecule has 1 aromatic carbocycles. The lowest BCUT2D eigenvalue weighted by Gasteiger charge is -2.10. The number of benzene rings is 1. The maximum Gasteiger partial charge on any atom is 0.220 e. The Hall–Kier alpha value is -1.85. The van der Waals surface area contributed by atoms with E-state index in [4.69, 9.17) is 23.1 Å². The Bertz CT molecular complexity index is 526. The zero-order valence-electron chi connectivity index (χ0n) is 9.73. The number of nitrogen functional groups attached to an aromatic ring is 1. The number of hydrogen-bond acceptors (Lipinski definition) is 5. The number of halogens is 1. The molecule has 0 amide bonds. The summed E-state index contributed by atoms with van der Waals surface area (Å²) in [6, 6.07) is 7.39. The van der Waals surface area contributed by atoms with Gasteiger partial charge < -0.3 is 16.8 Å². The number of nitrogens with two attached hydrogens (primary N) is 2. The van der Waals surface area contributed by atoms with Crippen LogP contribution >= 0.6 is 11.6 Å². The van der Waals surface area contributed by atoms with Crippen LogP contribution in [0.25, 0.3) is 11.3 Å².